The number of nitrogens with zero attached hydrogens (tertiary/aromatic N) is 3. The summed E-state index contributed by atoms with van der Waals surface area (Å²) >= 11 is 1.59. The molecule has 36 heavy (non-hydrogen) atoms. The van der Waals surface area contributed by atoms with Crippen LogP contribution in [0.4, 0.5) is 0 Å². The molecule has 3 heterocycles. The van der Waals surface area contributed by atoms with Crippen LogP contribution in [0.1, 0.15) is 48.2 Å². The first-order valence-electron chi connectivity index (χ1n) is 12.4. The first kappa shape index (κ1) is 24.2. The molecule has 1 unspecified atom stereocenters. The minimum absolute atomic E-state index is 0.0721. The predicted molar refractivity (Wildman–Crippen MR) is 139 cm³/mol. The number of nitrogens with one attached hydrogen (secondary N) is 1. The SMILES string of the molecule is CC(C)C(C(=O)N1CCC[C@H]1C(=O)NCc1ccc(-c2cncs2)cc1)N1Cc2ccccc2C1=O. The molecular formula is C28H30N4O3S. The fourth-order valence-corrected chi connectivity index (χ4v) is 5.83. The fourth-order valence-electron chi connectivity index (χ4n) is 5.21. The molecule has 3 amide bonds. The Morgan fingerprint density at radius 1 is 1.14 bits per heavy atom. The normalized spacial score (nSPS) is 18.0. The topological polar surface area (TPSA) is 82.6 Å². The molecule has 1 saturated heterocycles. The van der Waals surface area contributed by atoms with Gasteiger partial charge in [0, 0.05) is 31.4 Å². The Hall–Kier alpha value is -3.52. The van der Waals surface area contributed by atoms with E-state index in [4.69, 9.17) is 0 Å². The Morgan fingerprint density at radius 3 is 2.61 bits per heavy atom. The van der Waals surface area contributed by atoms with E-state index in [0.29, 0.717) is 31.6 Å². The molecule has 2 aromatic carbocycles. The average molecular weight is 503 g/mol. The predicted octanol–water partition coefficient (Wildman–Crippen LogP) is 4.10. The zero-order valence-electron chi connectivity index (χ0n) is 20.5. The summed E-state index contributed by atoms with van der Waals surface area (Å²) in [5.74, 6) is -0.472. The van der Waals surface area contributed by atoms with Crippen LogP contribution in [0.5, 0.6) is 0 Å². The molecule has 2 aliphatic rings. The lowest BCUT2D eigenvalue weighted by Crippen LogP contribution is -2.55. The monoisotopic (exact) mass is 502 g/mol. The van der Waals surface area contributed by atoms with Crippen molar-refractivity contribution in [1.29, 1.82) is 0 Å². The molecule has 1 aromatic heterocycles. The summed E-state index contributed by atoms with van der Waals surface area (Å²) in [4.78, 5) is 48.6. The molecule has 7 nitrogen and oxygen atoms in total. The Balaban J connectivity index is 1.25. The van der Waals surface area contributed by atoms with E-state index >= 15 is 0 Å². The number of aromatic nitrogens is 1. The number of carbonyl (C=O) groups is 3. The maximum atomic E-state index is 13.8. The van der Waals surface area contributed by atoms with Gasteiger partial charge in [-0.3, -0.25) is 19.4 Å². The van der Waals surface area contributed by atoms with E-state index in [1.807, 2.05) is 68.6 Å². The molecule has 3 aromatic rings. The van der Waals surface area contributed by atoms with E-state index < -0.39 is 12.1 Å². The smallest absolute Gasteiger partial charge is 0.255 e. The molecule has 8 heteroatoms. The molecule has 2 aliphatic heterocycles. The van der Waals surface area contributed by atoms with Crippen molar-refractivity contribution in [2.24, 2.45) is 5.92 Å². The van der Waals surface area contributed by atoms with Crippen LogP contribution < -0.4 is 5.32 Å². The zero-order chi connectivity index (χ0) is 25.2. The van der Waals surface area contributed by atoms with E-state index in [1.165, 1.54) is 0 Å². The summed E-state index contributed by atoms with van der Waals surface area (Å²) in [7, 11) is 0. The molecule has 1 fully saturated rings. The van der Waals surface area contributed by atoms with Gasteiger partial charge in [0.1, 0.15) is 12.1 Å². The fraction of sp³-hybridized carbons (Fsp3) is 0.357. The number of thiazole rings is 1. The minimum atomic E-state index is -0.599. The van der Waals surface area contributed by atoms with Crippen molar-refractivity contribution in [2.75, 3.05) is 6.54 Å². The third-order valence-corrected chi connectivity index (χ3v) is 7.87. The van der Waals surface area contributed by atoms with E-state index in [-0.39, 0.29) is 23.6 Å². The van der Waals surface area contributed by atoms with Crippen molar-refractivity contribution >= 4 is 29.1 Å². The molecular weight excluding hydrogens is 472 g/mol. The van der Waals surface area contributed by atoms with Crippen LogP contribution in [-0.4, -0.2) is 51.1 Å². The lowest BCUT2D eigenvalue weighted by atomic mass is 10.0. The summed E-state index contributed by atoms with van der Waals surface area (Å²) in [6.45, 7) is 5.26. The van der Waals surface area contributed by atoms with E-state index in [1.54, 1.807) is 26.6 Å². The van der Waals surface area contributed by atoms with Gasteiger partial charge >= 0.3 is 0 Å². The number of likely N-dealkylation sites (tertiary alicyclic amines) is 1. The first-order valence-corrected chi connectivity index (χ1v) is 13.3. The molecule has 1 N–H and O–H groups in total. The van der Waals surface area contributed by atoms with Gasteiger partial charge < -0.3 is 15.1 Å². The standard InChI is InChI=1S/C28H30N4O3S/c1-18(2)25(32-16-21-6-3-4-7-22(21)27(32)34)28(35)31-13-5-8-23(31)26(33)30-14-19-9-11-20(12-10-19)24-15-29-17-36-24/h3-4,6-7,9-12,15,17-18,23,25H,5,8,13-14,16H2,1-2H3,(H,30,33)/t23-,25?/m0/s1. The van der Waals surface area contributed by atoms with Crippen LogP contribution in [0.2, 0.25) is 0 Å². The van der Waals surface area contributed by atoms with Crippen molar-refractivity contribution in [3.8, 4) is 10.4 Å². The maximum absolute atomic E-state index is 13.8. The van der Waals surface area contributed by atoms with Crippen LogP contribution in [0.3, 0.4) is 0 Å². The molecule has 186 valence electrons. The van der Waals surface area contributed by atoms with Crippen molar-refractivity contribution in [3.05, 3.63) is 76.9 Å². The van der Waals surface area contributed by atoms with Crippen LogP contribution in [0.25, 0.3) is 10.4 Å². The van der Waals surface area contributed by atoms with Crippen LogP contribution in [-0.2, 0) is 22.7 Å². The van der Waals surface area contributed by atoms with E-state index in [0.717, 1.165) is 28.0 Å². The molecule has 0 radical (unpaired) electrons. The Kier molecular flexibility index (Phi) is 6.87. The zero-order valence-corrected chi connectivity index (χ0v) is 21.3. The second-order valence-corrected chi connectivity index (χ2v) is 10.6. The van der Waals surface area contributed by atoms with Crippen LogP contribution in [0, 0.1) is 5.92 Å². The van der Waals surface area contributed by atoms with Crippen LogP contribution in [0.15, 0.2) is 60.2 Å². The lowest BCUT2D eigenvalue weighted by molar-refractivity contribution is -0.143. The van der Waals surface area contributed by atoms with Gasteiger partial charge in [0.15, 0.2) is 0 Å². The third-order valence-electron chi connectivity index (χ3n) is 7.05. The molecule has 0 saturated carbocycles. The highest BCUT2D eigenvalue weighted by molar-refractivity contribution is 7.13. The van der Waals surface area contributed by atoms with Crippen molar-refractivity contribution < 1.29 is 14.4 Å². The second kappa shape index (κ2) is 10.2. The van der Waals surface area contributed by atoms with Gasteiger partial charge in [-0.1, -0.05) is 56.3 Å². The highest BCUT2D eigenvalue weighted by atomic mass is 32.1. The third kappa shape index (κ3) is 4.65. The number of rotatable bonds is 7. The van der Waals surface area contributed by atoms with Crippen molar-refractivity contribution in [3.63, 3.8) is 0 Å². The highest BCUT2D eigenvalue weighted by Gasteiger charge is 2.43. The molecule has 0 aliphatic carbocycles. The van der Waals surface area contributed by atoms with Crippen LogP contribution >= 0.6 is 11.3 Å². The molecule has 0 spiro atoms. The number of hydrogen-bond donors (Lipinski definition) is 1. The average Bonchev–Trinajstić information content (AvgIpc) is 3.64. The maximum Gasteiger partial charge on any atom is 0.255 e. The summed E-state index contributed by atoms with van der Waals surface area (Å²) < 4.78 is 0. The molecule has 2 atom stereocenters. The van der Waals surface area contributed by atoms with E-state index in [2.05, 4.69) is 10.3 Å². The Bertz CT molecular complexity index is 1260. The summed E-state index contributed by atoms with van der Waals surface area (Å²) in [5, 5.41) is 3.02. The van der Waals surface area contributed by atoms with E-state index in [9.17, 15) is 14.4 Å². The number of carbonyl (C=O) groups excluding carboxylic acids is 3. The Labute approximate surface area is 215 Å². The molecule has 0 bridgehead atoms. The van der Waals surface area contributed by atoms with Gasteiger partial charge in [-0.15, -0.1) is 11.3 Å². The number of benzene rings is 2. The number of fused-ring (bicyclic) bond motifs is 1. The van der Waals surface area contributed by atoms with Gasteiger partial charge in [0.25, 0.3) is 5.91 Å². The number of hydrogen-bond acceptors (Lipinski definition) is 5. The number of amides is 3. The summed E-state index contributed by atoms with van der Waals surface area (Å²) in [6, 6.07) is 14.4. The van der Waals surface area contributed by atoms with Crippen molar-refractivity contribution in [2.45, 2.75) is 51.9 Å². The van der Waals surface area contributed by atoms with Gasteiger partial charge in [-0.2, -0.15) is 0 Å². The first-order chi connectivity index (χ1) is 17.4. The van der Waals surface area contributed by atoms with Gasteiger partial charge in [0.05, 0.1) is 10.4 Å². The van der Waals surface area contributed by atoms with Gasteiger partial charge in [-0.25, -0.2) is 0 Å². The summed E-state index contributed by atoms with van der Waals surface area (Å²) in [6.07, 6.45) is 3.24. The van der Waals surface area contributed by atoms with Gasteiger partial charge in [-0.05, 0) is 41.5 Å². The van der Waals surface area contributed by atoms with Gasteiger partial charge in [0.2, 0.25) is 11.8 Å². The van der Waals surface area contributed by atoms with Crippen molar-refractivity contribution in [1.82, 2.24) is 20.1 Å². The second-order valence-electron chi connectivity index (χ2n) is 9.75. The quantitative estimate of drug-likeness (QED) is 0.527. The minimum Gasteiger partial charge on any atom is -0.350 e. The molecule has 5 rings (SSSR count). The Morgan fingerprint density at radius 2 is 1.92 bits per heavy atom. The lowest BCUT2D eigenvalue weighted by Gasteiger charge is -2.35. The highest BCUT2D eigenvalue weighted by Crippen LogP contribution is 2.30. The summed E-state index contributed by atoms with van der Waals surface area (Å²) in [5.41, 5.74) is 5.50. The largest absolute Gasteiger partial charge is 0.350 e.